The Morgan fingerprint density at radius 3 is 2.70 bits per heavy atom. The third-order valence-electron chi connectivity index (χ3n) is 3.29. The van der Waals surface area contributed by atoms with Gasteiger partial charge in [-0.15, -0.1) is 0 Å². The average Bonchev–Trinajstić information content (AvgIpc) is 2.36. The van der Waals surface area contributed by atoms with Gasteiger partial charge in [0.15, 0.2) is 0 Å². The van der Waals surface area contributed by atoms with Crippen LogP contribution in [0.3, 0.4) is 0 Å². The van der Waals surface area contributed by atoms with E-state index in [9.17, 15) is 19.2 Å². The molecule has 0 spiro atoms. The van der Waals surface area contributed by atoms with Crippen molar-refractivity contribution in [2.75, 3.05) is 6.54 Å². The maximum absolute atomic E-state index is 12.3. The molecule has 3 N–H and O–H groups in total. The molecule has 1 aromatic heterocycles. The molecule has 0 radical (unpaired) electrons. The summed E-state index contributed by atoms with van der Waals surface area (Å²) in [6.45, 7) is 0.422. The van der Waals surface area contributed by atoms with Crippen LogP contribution in [0.25, 0.3) is 0 Å². The number of H-pyrrole nitrogens is 2. The number of carboxylic acids is 1. The van der Waals surface area contributed by atoms with Gasteiger partial charge in [-0.3, -0.25) is 19.4 Å². The minimum absolute atomic E-state index is 0.115. The highest BCUT2D eigenvalue weighted by Crippen LogP contribution is 2.21. The third-order valence-corrected chi connectivity index (χ3v) is 3.29. The maximum atomic E-state index is 12.3. The fraction of sp³-hybridized carbons (Fsp3) is 0.500. The van der Waals surface area contributed by atoms with Crippen molar-refractivity contribution in [3.8, 4) is 0 Å². The second-order valence-electron chi connectivity index (χ2n) is 4.75. The summed E-state index contributed by atoms with van der Waals surface area (Å²) in [4.78, 5) is 51.2. The number of piperidine rings is 1. The number of carbonyl (C=O) groups is 2. The van der Waals surface area contributed by atoms with Gasteiger partial charge < -0.3 is 15.0 Å². The van der Waals surface area contributed by atoms with Crippen molar-refractivity contribution in [1.29, 1.82) is 0 Å². The number of aromatic amines is 2. The van der Waals surface area contributed by atoms with Crippen LogP contribution in [0, 0.1) is 0 Å². The molecule has 20 heavy (non-hydrogen) atoms. The Hall–Kier alpha value is -2.38. The van der Waals surface area contributed by atoms with Crippen LogP contribution in [-0.2, 0) is 4.79 Å². The molecule has 1 atom stereocenters. The molecule has 1 saturated heterocycles. The molecule has 2 heterocycles. The predicted molar refractivity (Wildman–Crippen MR) is 68.6 cm³/mol. The number of nitrogens with zero attached hydrogens (tertiary/aromatic N) is 1. The summed E-state index contributed by atoms with van der Waals surface area (Å²) in [5.74, 6) is -1.49. The van der Waals surface area contributed by atoms with Crippen LogP contribution in [0.2, 0.25) is 0 Å². The number of likely N-dealkylation sites (tertiary alicyclic amines) is 1. The Morgan fingerprint density at radius 1 is 1.30 bits per heavy atom. The Kier molecular flexibility index (Phi) is 4.02. The number of carboxylic acid groups (broad SMARTS) is 1. The number of nitrogens with one attached hydrogen (secondary N) is 2. The van der Waals surface area contributed by atoms with Gasteiger partial charge in [-0.25, -0.2) is 4.79 Å². The number of aromatic nitrogens is 2. The van der Waals surface area contributed by atoms with Gasteiger partial charge in [-0.05, 0) is 19.3 Å². The highest BCUT2D eigenvalue weighted by atomic mass is 16.4. The fourth-order valence-corrected chi connectivity index (χ4v) is 2.42. The van der Waals surface area contributed by atoms with Crippen LogP contribution in [-0.4, -0.2) is 44.4 Å². The topological polar surface area (TPSA) is 123 Å². The van der Waals surface area contributed by atoms with E-state index in [0.717, 1.165) is 18.9 Å². The van der Waals surface area contributed by atoms with Gasteiger partial charge in [0.25, 0.3) is 11.5 Å². The van der Waals surface area contributed by atoms with Crippen LogP contribution >= 0.6 is 0 Å². The summed E-state index contributed by atoms with van der Waals surface area (Å²) in [5, 5.41) is 8.87. The SMILES string of the molecule is O=C(O)C[C@@H]1CCCCN1C(=O)c1cc(=O)[nH]c(=O)[nH]1. The lowest BCUT2D eigenvalue weighted by Crippen LogP contribution is -2.45. The first kappa shape index (κ1) is 14.0. The van der Waals surface area contributed by atoms with Crippen LogP contribution in [0.5, 0.6) is 0 Å². The van der Waals surface area contributed by atoms with Crippen molar-refractivity contribution in [2.24, 2.45) is 0 Å². The van der Waals surface area contributed by atoms with Crippen LogP contribution in [0.4, 0.5) is 0 Å². The van der Waals surface area contributed by atoms with E-state index in [1.165, 1.54) is 4.90 Å². The summed E-state index contributed by atoms with van der Waals surface area (Å²) < 4.78 is 0. The molecule has 0 aliphatic carbocycles. The summed E-state index contributed by atoms with van der Waals surface area (Å²) in [6, 6.07) is 0.604. The van der Waals surface area contributed by atoms with E-state index in [1.54, 1.807) is 0 Å². The van der Waals surface area contributed by atoms with E-state index in [4.69, 9.17) is 5.11 Å². The normalized spacial score (nSPS) is 18.8. The van der Waals surface area contributed by atoms with E-state index < -0.39 is 29.2 Å². The number of rotatable bonds is 3. The highest BCUT2D eigenvalue weighted by Gasteiger charge is 2.29. The average molecular weight is 281 g/mol. The smallest absolute Gasteiger partial charge is 0.326 e. The van der Waals surface area contributed by atoms with Crippen molar-refractivity contribution in [1.82, 2.24) is 14.9 Å². The summed E-state index contributed by atoms with van der Waals surface area (Å²) in [7, 11) is 0. The zero-order valence-electron chi connectivity index (χ0n) is 10.7. The van der Waals surface area contributed by atoms with Crippen LogP contribution < -0.4 is 11.2 Å². The fourth-order valence-electron chi connectivity index (χ4n) is 2.42. The lowest BCUT2D eigenvalue weighted by atomic mass is 9.99. The minimum atomic E-state index is -0.978. The monoisotopic (exact) mass is 281 g/mol. The van der Waals surface area contributed by atoms with Crippen molar-refractivity contribution in [2.45, 2.75) is 31.7 Å². The summed E-state index contributed by atoms with van der Waals surface area (Å²) >= 11 is 0. The van der Waals surface area contributed by atoms with E-state index in [2.05, 4.69) is 4.98 Å². The van der Waals surface area contributed by atoms with Gasteiger partial charge in [0.2, 0.25) is 0 Å². The van der Waals surface area contributed by atoms with Gasteiger partial charge in [0.1, 0.15) is 5.69 Å². The van der Waals surface area contributed by atoms with Crippen molar-refractivity contribution < 1.29 is 14.7 Å². The number of aliphatic carboxylic acids is 1. The highest BCUT2D eigenvalue weighted by molar-refractivity contribution is 5.92. The molecule has 1 aliphatic heterocycles. The van der Waals surface area contributed by atoms with Gasteiger partial charge in [-0.2, -0.15) is 0 Å². The molecule has 0 unspecified atom stereocenters. The first-order valence-corrected chi connectivity index (χ1v) is 6.34. The van der Waals surface area contributed by atoms with E-state index in [1.807, 2.05) is 4.98 Å². The molecule has 1 fully saturated rings. The molecule has 8 heteroatoms. The maximum Gasteiger partial charge on any atom is 0.326 e. The Morgan fingerprint density at radius 2 is 2.05 bits per heavy atom. The minimum Gasteiger partial charge on any atom is -0.481 e. The molecule has 1 amide bonds. The standard InChI is InChI=1S/C12H15N3O5/c16-9-6-8(13-12(20)14-9)11(19)15-4-2-1-3-7(15)5-10(17)18/h6-7H,1-5H2,(H,17,18)(H2,13,14,16,20)/t7-/m0/s1. The van der Waals surface area contributed by atoms with E-state index >= 15 is 0 Å². The molecule has 8 nitrogen and oxygen atoms in total. The second-order valence-corrected chi connectivity index (χ2v) is 4.75. The zero-order valence-corrected chi connectivity index (χ0v) is 10.7. The third kappa shape index (κ3) is 3.14. The number of amides is 1. The number of carbonyl (C=O) groups excluding carboxylic acids is 1. The molecule has 0 bridgehead atoms. The molecule has 0 aromatic carbocycles. The Balaban J connectivity index is 2.27. The molecule has 1 aromatic rings. The van der Waals surface area contributed by atoms with Gasteiger partial charge in [0, 0.05) is 18.7 Å². The zero-order chi connectivity index (χ0) is 14.7. The summed E-state index contributed by atoms with van der Waals surface area (Å²) in [6.07, 6.45) is 2.09. The second kappa shape index (κ2) is 5.72. The van der Waals surface area contributed by atoms with Crippen molar-refractivity contribution >= 4 is 11.9 Å². The number of hydrogen-bond donors (Lipinski definition) is 3. The molecular weight excluding hydrogens is 266 g/mol. The van der Waals surface area contributed by atoms with E-state index in [-0.39, 0.29) is 12.1 Å². The molecule has 2 rings (SSSR count). The Bertz CT molecular complexity index is 604. The first-order chi connectivity index (χ1) is 9.47. The molecule has 0 saturated carbocycles. The lowest BCUT2D eigenvalue weighted by Gasteiger charge is -2.34. The van der Waals surface area contributed by atoms with Gasteiger partial charge >= 0.3 is 11.7 Å². The molecule has 1 aliphatic rings. The molecular formula is C12H15N3O5. The largest absolute Gasteiger partial charge is 0.481 e. The van der Waals surface area contributed by atoms with Crippen molar-refractivity contribution in [3.05, 3.63) is 32.6 Å². The van der Waals surface area contributed by atoms with Crippen LogP contribution in [0.15, 0.2) is 15.7 Å². The lowest BCUT2D eigenvalue weighted by molar-refractivity contribution is -0.138. The first-order valence-electron chi connectivity index (χ1n) is 6.34. The predicted octanol–water partition coefficient (Wildman–Crippen LogP) is -0.467. The van der Waals surface area contributed by atoms with Crippen LogP contribution in [0.1, 0.15) is 36.2 Å². The van der Waals surface area contributed by atoms with Gasteiger partial charge in [0.05, 0.1) is 6.42 Å². The molecule has 108 valence electrons. The quantitative estimate of drug-likeness (QED) is 0.691. The van der Waals surface area contributed by atoms with Gasteiger partial charge in [-0.1, -0.05) is 0 Å². The van der Waals surface area contributed by atoms with Crippen molar-refractivity contribution in [3.63, 3.8) is 0 Å². The number of hydrogen-bond acceptors (Lipinski definition) is 4. The van der Waals surface area contributed by atoms with E-state index in [0.29, 0.717) is 13.0 Å². The summed E-state index contributed by atoms with van der Waals surface area (Å²) in [5.41, 5.74) is -1.53. The Labute approximate surface area is 113 Å².